The summed E-state index contributed by atoms with van der Waals surface area (Å²) >= 11 is 5.71. The monoisotopic (exact) mass is 384 g/mol. The van der Waals surface area contributed by atoms with E-state index in [-0.39, 0.29) is 35.3 Å². The summed E-state index contributed by atoms with van der Waals surface area (Å²) in [7, 11) is 0. The van der Waals surface area contributed by atoms with E-state index in [1.54, 1.807) is 0 Å². The molecule has 0 heterocycles. The third-order valence-corrected chi connectivity index (χ3v) is 3.19. The van der Waals surface area contributed by atoms with Crippen LogP contribution in [0.2, 0.25) is 5.02 Å². The van der Waals surface area contributed by atoms with Crippen molar-refractivity contribution in [2.24, 2.45) is 0 Å². The summed E-state index contributed by atoms with van der Waals surface area (Å²) in [6, 6.07) is 5.49. The van der Waals surface area contributed by atoms with Gasteiger partial charge in [-0.3, -0.25) is 10.1 Å². The number of carboxylic acid groups (broad SMARTS) is 1. The van der Waals surface area contributed by atoms with Crippen LogP contribution >= 0.6 is 11.6 Å². The SMILES string of the molecule is O=C(O)c1cccc(Oc2ccc(C(F)(F)F)cc2Cl)c1[N+](=O)[O-].[Na]. The van der Waals surface area contributed by atoms with Crippen molar-refractivity contribution in [3.63, 3.8) is 0 Å². The normalized spacial score (nSPS) is 10.7. The minimum absolute atomic E-state index is 0. The number of para-hydroxylation sites is 1. The third-order valence-electron chi connectivity index (χ3n) is 2.89. The van der Waals surface area contributed by atoms with Crippen molar-refractivity contribution in [2.45, 2.75) is 6.18 Å². The van der Waals surface area contributed by atoms with E-state index in [0.717, 1.165) is 18.2 Å². The first-order chi connectivity index (χ1) is 11.1. The molecule has 0 aliphatic rings. The van der Waals surface area contributed by atoms with Crippen LogP contribution in [0.4, 0.5) is 18.9 Å². The van der Waals surface area contributed by atoms with Crippen LogP contribution in [0.1, 0.15) is 15.9 Å². The standard InChI is InChI=1S/C14H7ClF3NO5.Na/c15-9-6-7(14(16,17)18)4-5-10(9)24-11-3-1-2-8(13(20)21)12(11)19(22)23;/h1-6H,(H,20,21);. The third kappa shape index (κ3) is 4.85. The number of ether oxygens (including phenoxy) is 1. The van der Waals surface area contributed by atoms with Crippen molar-refractivity contribution in [3.05, 3.63) is 62.7 Å². The van der Waals surface area contributed by atoms with Gasteiger partial charge in [0.05, 0.1) is 15.5 Å². The van der Waals surface area contributed by atoms with E-state index < -0.39 is 44.7 Å². The molecular formula is C14H7ClF3NNaO5. The number of nitro benzene ring substituents is 1. The number of alkyl halides is 3. The maximum Gasteiger partial charge on any atom is 0.416 e. The predicted molar refractivity (Wildman–Crippen MR) is 82.3 cm³/mol. The van der Waals surface area contributed by atoms with Gasteiger partial charge < -0.3 is 9.84 Å². The number of nitro groups is 1. The summed E-state index contributed by atoms with van der Waals surface area (Å²) in [5, 5.41) is 19.6. The van der Waals surface area contributed by atoms with Gasteiger partial charge in [0.1, 0.15) is 11.3 Å². The summed E-state index contributed by atoms with van der Waals surface area (Å²) < 4.78 is 42.9. The summed E-state index contributed by atoms with van der Waals surface area (Å²) in [5.74, 6) is -2.29. The second-order valence-corrected chi connectivity index (χ2v) is 4.87. The zero-order chi connectivity index (χ0) is 18.1. The minimum atomic E-state index is -4.61. The van der Waals surface area contributed by atoms with Crippen LogP contribution in [0.3, 0.4) is 0 Å². The van der Waals surface area contributed by atoms with Crippen LogP contribution in [0.25, 0.3) is 0 Å². The number of halogens is 4. The molecule has 0 unspecified atom stereocenters. The Bertz CT molecular complexity index is 829. The summed E-state index contributed by atoms with van der Waals surface area (Å²) in [6.07, 6.45) is -4.61. The van der Waals surface area contributed by atoms with Crippen molar-refractivity contribution in [1.29, 1.82) is 0 Å². The van der Waals surface area contributed by atoms with Crippen LogP contribution in [-0.2, 0) is 6.18 Å². The van der Waals surface area contributed by atoms with Gasteiger partial charge in [0.15, 0.2) is 0 Å². The van der Waals surface area contributed by atoms with Crippen LogP contribution in [-0.4, -0.2) is 45.6 Å². The second kappa shape index (κ2) is 8.05. The number of nitrogens with zero attached hydrogens (tertiary/aromatic N) is 1. The largest absolute Gasteiger partial charge is 0.477 e. The number of hydrogen-bond acceptors (Lipinski definition) is 4. The average Bonchev–Trinajstić information content (AvgIpc) is 2.47. The molecule has 0 atom stereocenters. The van der Waals surface area contributed by atoms with Crippen molar-refractivity contribution in [3.8, 4) is 11.5 Å². The van der Waals surface area contributed by atoms with Gasteiger partial charge in [0.2, 0.25) is 5.75 Å². The van der Waals surface area contributed by atoms with Crippen molar-refractivity contribution in [2.75, 3.05) is 0 Å². The Hall–Kier alpha value is -1.81. The maximum atomic E-state index is 12.6. The summed E-state index contributed by atoms with van der Waals surface area (Å²) in [4.78, 5) is 21.2. The van der Waals surface area contributed by atoms with Crippen molar-refractivity contribution in [1.82, 2.24) is 0 Å². The fourth-order valence-electron chi connectivity index (χ4n) is 1.84. The zero-order valence-corrected chi connectivity index (χ0v) is 15.3. The molecule has 0 saturated heterocycles. The first-order valence-corrected chi connectivity index (χ1v) is 6.54. The molecule has 25 heavy (non-hydrogen) atoms. The number of aromatic carboxylic acids is 1. The molecular weight excluding hydrogens is 378 g/mol. The Morgan fingerprint density at radius 1 is 1.20 bits per heavy atom. The van der Waals surface area contributed by atoms with Crippen LogP contribution in [0, 0.1) is 10.1 Å². The first kappa shape index (κ1) is 21.2. The number of carboxylic acids is 1. The van der Waals surface area contributed by atoms with Crippen LogP contribution < -0.4 is 4.74 Å². The molecule has 0 spiro atoms. The Morgan fingerprint density at radius 2 is 1.84 bits per heavy atom. The molecule has 1 radical (unpaired) electrons. The molecule has 6 nitrogen and oxygen atoms in total. The molecule has 11 heteroatoms. The zero-order valence-electron chi connectivity index (χ0n) is 12.5. The molecule has 0 fully saturated rings. The Labute approximate surface area is 165 Å². The van der Waals surface area contributed by atoms with Gasteiger partial charge in [-0.15, -0.1) is 0 Å². The number of rotatable bonds is 4. The molecule has 127 valence electrons. The fourth-order valence-corrected chi connectivity index (χ4v) is 2.06. The first-order valence-electron chi connectivity index (χ1n) is 6.16. The molecule has 0 saturated carbocycles. The Morgan fingerprint density at radius 3 is 2.32 bits per heavy atom. The quantitative estimate of drug-likeness (QED) is 0.480. The number of carbonyl (C=O) groups is 1. The van der Waals surface area contributed by atoms with E-state index in [9.17, 15) is 28.1 Å². The van der Waals surface area contributed by atoms with Gasteiger partial charge >= 0.3 is 17.8 Å². The average molecular weight is 385 g/mol. The molecule has 0 aliphatic carbocycles. The molecule has 0 bridgehead atoms. The van der Waals surface area contributed by atoms with E-state index in [4.69, 9.17) is 21.4 Å². The van der Waals surface area contributed by atoms with Crippen molar-refractivity contribution >= 4 is 52.8 Å². The predicted octanol–water partition coefficient (Wildman–Crippen LogP) is 4.38. The second-order valence-electron chi connectivity index (χ2n) is 4.46. The van der Waals surface area contributed by atoms with E-state index >= 15 is 0 Å². The van der Waals surface area contributed by atoms with Crippen LogP contribution in [0.15, 0.2) is 36.4 Å². The summed E-state index contributed by atoms with van der Waals surface area (Å²) in [5.41, 5.74) is -2.48. The minimum Gasteiger partial charge on any atom is -0.477 e. The Balaban J connectivity index is 0.00000312. The van der Waals surface area contributed by atoms with Gasteiger partial charge in [-0.1, -0.05) is 17.7 Å². The number of benzene rings is 2. The van der Waals surface area contributed by atoms with E-state index in [2.05, 4.69) is 0 Å². The molecule has 2 aromatic rings. The van der Waals surface area contributed by atoms with Gasteiger partial charge in [0.25, 0.3) is 0 Å². The van der Waals surface area contributed by atoms with Gasteiger partial charge in [-0.25, -0.2) is 4.79 Å². The molecule has 2 rings (SSSR count). The molecule has 0 amide bonds. The van der Waals surface area contributed by atoms with Gasteiger partial charge in [0, 0.05) is 29.6 Å². The van der Waals surface area contributed by atoms with Gasteiger partial charge in [-0.2, -0.15) is 13.2 Å². The molecule has 0 aromatic heterocycles. The Kier molecular flexibility index (Phi) is 6.83. The van der Waals surface area contributed by atoms with Gasteiger partial charge in [-0.05, 0) is 30.3 Å². The molecule has 2 aromatic carbocycles. The maximum absolute atomic E-state index is 12.6. The van der Waals surface area contributed by atoms with Crippen LogP contribution in [0.5, 0.6) is 11.5 Å². The van der Waals surface area contributed by atoms with E-state index in [1.165, 1.54) is 6.07 Å². The van der Waals surface area contributed by atoms with E-state index in [1.807, 2.05) is 0 Å². The van der Waals surface area contributed by atoms with E-state index in [0.29, 0.717) is 12.1 Å². The topological polar surface area (TPSA) is 89.7 Å². The number of hydrogen-bond donors (Lipinski definition) is 1. The molecule has 1 N–H and O–H groups in total. The van der Waals surface area contributed by atoms with Crippen molar-refractivity contribution < 1.29 is 32.7 Å². The molecule has 0 aliphatic heterocycles. The fraction of sp³-hybridized carbons (Fsp3) is 0.0714. The summed E-state index contributed by atoms with van der Waals surface area (Å²) in [6.45, 7) is 0. The smallest absolute Gasteiger partial charge is 0.416 e.